The van der Waals surface area contributed by atoms with Gasteiger partial charge in [-0.2, -0.15) is 4.98 Å². The van der Waals surface area contributed by atoms with Crippen LogP contribution in [0.15, 0.2) is 85.1 Å². The summed E-state index contributed by atoms with van der Waals surface area (Å²) in [6.07, 6.45) is 1.67. The molecule has 5 heteroatoms. The molecule has 0 aliphatic heterocycles. The predicted octanol–water partition coefficient (Wildman–Crippen LogP) is 5.81. The van der Waals surface area contributed by atoms with Crippen LogP contribution in [0, 0.1) is 13.8 Å². The summed E-state index contributed by atoms with van der Waals surface area (Å²) in [6, 6.07) is 24.3. The van der Waals surface area contributed by atoms with E-state index in [1.165, 1.54) is 5.56 Å². The number of anilines is 1. The Labute approximate surface area is 175 Å². The molecule has 148 valence electrons. The van der Waals surface area contributed by atoms with Crippen LogP contribution in [0.1, 0.15) is 21.5 Å². The van der Waals surface area contributed by atoms with Crippen molar-refractivity contribution in [2.45, 2.75) is 13.8 Å². The minimum atomic E-state index is -0.171. The Morgan fingerprint density at radius 2 is 1.63 bits per heavy atom. The van der Waals surface area contributed by atoms with Crippen LogP contribution in [0.2, 0.25) is 0 Å². The molecule has 0 fully saturated rings. The first kappa shape index (κ1) is 19.3. The molecule has 0 atom stereocenters. The molecule has 0 spiro atoms. The van der Waals surface area contributed by atoms with Gasteiger partial charge in [-0.05, 0) is 55.8 Å². The van der Waals surface area contributed by atoms with Crippen LogP contribution in [0.25, 0.3) is 11.4 Å². The molecule has 0 saturated carbocycles. The summed E-state index contributed by atoms with van der Waals surface area (Å²) in [5.74, 6) is 1.46. The fourth-order valence-electron chi connectivity index (χ4n) is 2.96. The molecule has 4 aromatic rings. The fraction of sp³-hybridized carbons (Fsp3) is 0.0800. The second kappa shape index (κ2) is 8.57. The van der Waals surface area contributed by atoms with Gasteiger partial charge in [0.25, 0.3) is 5.91 Å². The second-order valence-corrected chi connectivity index (χ2v) is 7.03. The first-order chi connectivity index (χ1) is 14.6. The Morgan fingerprint density at radius 1 is 0.867 bits per heavy atom. The van der Waals surface area contributed by atoms with Crippen LogP contribution in [0.3, 0.4) is 0 Å². The zero-order valence-electron chi connectivity index (χ0n) is 16.8. The lowest BCUT2D eigenvalue weighted by atomic mass is 10.1. The summed E-state index contributed by atoms with van der Waals surface area (Å²) in [5, 5.41) is 2.90. The second-order valence-electron chi connectivity index (χ2n) is 7.03. The summed E-state index contributed by atoms with van der Waals surface area (Å²) < 4.78 is 5.85. The van der Waals surface area contributed by atoms with Crippen molar-refractivity contribution in [2.24, 2.45) is 0 Å². The maximum Gasteiger partial charge on any atom is 0.255 e. The molecule has 0 saturated heterocycles. The largest absolute Gasteiger partial charge is 0.439 e. The molecule has 1 heterocycles. The third-order valence-corrected chi connectivity index (χ3v) is 4.55. The Hall–Kier alpha value is -3.99. The van der Waals surface area contributed by atoms with E-state index in [0.29, 0.717) is 23.0 Å². The van der Waals surface area contributed by atoms with E-state index in [1.807, 2.05) is 62.4 Å². The Bertz CT molecular complexity index is 1170. The van der Waals surface area contributed by atoms with Crippen molar-refractivity contribution >= 4 is 11.6 Å². The van der Waals surface area contributed by atoms with E-state index in [9.17, 15) is 4.79 Å². The van der Waals surface area contributed by atoms with Gasteiger partial charge in [0.1, 0.15) is 5.75 Å². The lowest BCUT2D eigenvalue weighted by Crippen LogP contribution is -2.11. The zero-order valence-corrected chi connectivity index (χ0v) is 16.8. The number of aryl methyl sites for hydroxylation is 2. The monoisotopic (exact) mass is 395 g/mol. The molecule has 5 nitrogen and oxygen atoms in total. The number of ether oxygens (including phenoxy) is 1. The number of hydrogen-bond donors (Lipinski definition) is 1. The summed E-state index contributed by atoms with van der Waals surface area (Å²) in [5.41, 5.74) is 4.51. The maximum absolute atomic E-state index is 12.4. The third-order valence-electron chi connectivity index (χ3n) is 4.55. The van der Waals surface area contributed by atoms with Gasteiger partial charge in [0.05, 0.1) is 0 Å². The molecular weight excluding hydrogens is 374 g/mol. The fourth-order valence-corrected chi connectivity index (χ4v) is 2.96. The van der Waals surface area contributed by atoms with Crippen molar-refractivity contribution in [3.63, 3.8) is 0 Å². The van der Waals surface area contributed by atoms with Gasteiger partial charge in [0.2, 0.25) is 5.88 Å². The quantitative estimate of drug-likeness (QED) is 0.463. The van der Waals surface area contributed by atoms with E-state index in [2.05, 4.69) is 15.3 Å². The number of aromatic nitrogens is 2. The van der Waals surface area contributed by atoms with Crippen LogP contribution in [0.5, 0.6) is 11.6 Å². The summed E-state index contributed by atoms with van der Waals surface area (Å²) in [4.78, 5) is 21.2. The molecule has 1 N–H and O–H groups in total. The molecule has 0 radical (unpaired) electrons. The van der Waals surface area contributed by atoms with Crippen LogP contribution in [0.4, 0.5) is 5.69 Å². The van der Waals surface area contributed by atoms with Gasteiger partial charge in [-0.3, -0.25) is 4.79 Å². The van der Waals surface area contributed by atoms with Crippen molar-refractivity contribution in [3.05, 3.63) is 102 Å². The topological polar surface area (TPSA) is 64.1 Å². The van der Waals surface area contributed by atoms with Crippen molar-refractivity contribution in [2.75, 3.05) is 5.32 Å². The number of carbonyl (C=O) groups excluding carboxylic acids is 1. The predicted molar refractivity (Wildman–Crippen MR) is 118 cm³/mol. The van der Waals surface area contributed by atoms with Gasteiger partial charge in [0, 0.05) is 29.1 Å². The van der Waals surface area contributed by atoms with Gasteiger partial charge in [-0.1, -0.05) is 42.0 Å². The lowest BCUT2D eigenvalue weighted by Gasteiger charge is -2.08. The highest BCUT2D eigenvalue weighted by atomic mass is 16.5. The van der Waals surface area contributed by atoms with E-state index in [0.717, 1.165) is 16.8 Å². The van der Waals surface area contributed by atoms with E-state index < -0.39 is 0 Å². The van der Waals surface area contributed by atoms with Crippen molar-refractivity contribution in [3.8, 4) is 23.0 Å². The highest BCUT2D eigenvalue weighted by Gasteiger charge is 2.08. The maximum atomic E-state index is 12.4. The highest BCUT2D eigenvalue weighted by molar-refractivity contribution is 6.04. The molecule has 1 aromatic heterocycles. The molecule has 0 bridgehead atoms. The first-order valence-electron chi connectivity index (χ1n) is 9.63. The number of amides is 1. The molecule has 0 aliphatic rings. The average Bonchev–Trinajstić information content (AvgIpc) is 2.75. The minimum Gasteiger partial charge on any atom is -0.439 e. The van der Waals surface area contributed by atoms with Gasteiger partial charge in [-0.15, -0.1) is 0 Å². The first-order valence-corrected chi connectivity index (χ1v) is 9.63. The number of hydrogen-bond acceptors (Lipinski definition) is 4. The van der Waals surface area contributed by atoms with Gasteiger partial charge < -0.3 is 10.1 Å². The molecule has 0 aliphatic carbocycles. The summed E-state index contributed by atoms with van der Waals surface area (Å²) >= 11 is 0. The smallest absolute Gasteiger partial charge is 0.255 e. The molecule has 1 amide bonds. The van der Waals surface area contributed by atoms with Crippen LogP contribution in [-0.2, 0) is 0 Å². The molecule has 0 unspecified atom stereocenters. The van der Waals surface area contributed by atoms with Crippen LogP contribution >= 0.6 is 0 Å². The number of benzene rings is 3. The SMILES string of the molecule is Cc1ccc(-c2nccc(Oc3ccc(C(=O)Nc4cccc(C)c4)cc3)n2)cc1. The molecule has 3 aromatic carbocycles. The van der Waals surface area contributed by atoms with Crippen molar-refractivity contribution in [1.29, 1.82) is 0 Å². The Morgan fingerprint density at radius 3 is 2.37 bits per heavy atom. The number of rotatable bonds is 5. The summed E-state index contributed by atoms with van der Waals surface area (Å²) in [6.45, 7) is 4.02. The molecular formula is C25H21N3O2. The number of nitrogens with zero attached hydrogens (tertiary/aromatic N) is 2. The van der Waals surface area contributed by atoms with Gasteiger partial charge >= 0.3 is 0 Å². The Balaban J connectivity index is 1.45. The third kappa shape index (κ3) is 4.70. The minimum absolute atomic E-state index is 0.171. The standard InChI is InChI=1S/C25H21N3O2/c1-17-6-8-19(9-7-17)24-26-15-14-23(28-24)30-22-12-10-20(11-13-22)25(29)27-21-5-3-4-18(2)16-21/h3-16H,1-2H3,(H,27,29). The van der Waals surface area contributed by atoms with E-state index >= 15 is 0 Å². The van der Waals surface area contributed by atoms with Crippen molar-refractivity contribution in [1.82, 2.24) is 9.97 Å². The van der Waals surface area contributed by atoms with E-state index in [4.69, 9.17) is 4.74 Å². The molecule has 30 heavy (non-hydrogen) atoms. The van der Waals surface area contributed by atoms with Gasteiger partial charge in [-0.25, -0.2) is 4.98 Å². The number of carbonyl (C=O) groups is 1. The van der Waals surface area contributed by atoms with E-state index in [1.54, 1.807) is 36.5 Å². The van der Waals surface area contributed by atoms with Gasteiger partial charge in [0.15, 0.2) is 5.82 Å². The van der Waals surface area contributed by atoms with Crippen molar-refractivity contribution < 1.29 is 9.53 Å². The average molecular weight is 395 g/mol. The summed E-state index contributed by atoms with van der Waals surface area (Å²) in [7, 11) is 0. The zero-order chi connectivity index (χ0) is 20.9. The Kier molecular flexibility index (Phi) is 5.52. The molecule has 4 rings (SSSR count). The van der Waals surface area contributed by atoms with Crippen LogP contribution < -0.4 is 10.1 Å². The van der Waals surface area contributed by atoms with Crippen LogP contribution in [-0.4, -0.2) is 15.9 Å². The highest BCUT2D eigenvalue weighted by Crippen LogP contribution is 2.23. The number of nitrogens with one attached hydrogen (secondary N) is 1. The van der Waals surface area contributed by atoms with E-state index in [-0.39, 0.29) is 5.91 Å². The lowest BCUT2D eigenvalue weighted by molar-refractivity contribution is 0.102. The normalized spacial score (nSPS) is 10.5.